The van der Waals surface area contributed by atoms with Crippen LogP contribution >= 0.6 is 15.9 Å². The molecule has 0 aliphatic carbocycles. The highest BCUT2D eigenvalue weighted by Gasteiger charge is 2.16. The predicted octanol–water partition coefficient (Wildman–Crippen LogP) is 0.707. The van der Waals surface area contributed by atoms with Crippen LogP contribution in [0.15, 0.2) is 33.6 Å². The molecule has 1 rings (SSSR count). The van der Waals surface area contributed by atoms with Crippen molar-refractivity contribution in [3.8, 4) is 0 Å². The molecule has 3 N–H and O–H groups in total. The topological polar surface area (TPSA) is 113 Å². The van der Waals surface area contributed by atoms with Crippen LogP contribution < -0.4 is 10.0 Å². The van der Waals surface area contributed by atoms with Gasteiger partial charge in [-0.2, -0.15) is 0 Å². The van der Waals surface area contributed by atoms with E-state index in [2.05, 4.69) is 26.0 Å². The van der Waals surface area contributed by atoms with Gasteiger partial charge in [-0.1, -0.05) is 15.9 Å². The second-order valence-corrected chi connectivity index (χ2v) is 6.91. The molecular formula is C12H15BrN2O5S. The van der Waals surface area contributed by atoms with Gasteiger partial charge in [0.15, 0.2) is 0 Å². The maximum Gasteiger partial charge on any atom is 0.325 e. The number of hydrogen-bond donors (Lipinski definition) is 3. The number of halogens is 1. The number of aliphatic carboxylic acids is 1. The minimum atomic E-state index is -3.68. The van der Waals surface area contributed by atoms with Crippen molar-refractivity contribution in [3.63, 3.8) is 0 Å². The second kappa shape index (κ2) is 7.53. The quantitative estimate of drug-likeness (QED) is 0.646. The highest BCUT2D eigenvalue weighted by Crippen LogP contribution is 2.14. The van der Waals surface area contributed by atoms with Crippen molar-refractivity contribution in [2.75, 3.05) is 6.54 Å². The van der Waals surface area contributed by atoms with E-state index in [9.17, 15) is 18.0 Å². The van der Waals surface area contributed by atoms with E-state index in [1.54, 1.807) is 12.1 Å². The molecule has 1 aromatic rings. The lowest BCUT2D eigenvalue weighted by atomic mass is 10.3. The van der Waals surface area contributed by atoms with E-state index in [0.29, 0.717) is 0 Å². The number of nitrogens with one attached hydrogen (secondary N) is 2. The summed E-state index contributed by atoms with van der Waals surface area (Å²) in [6.07, 6.45) is -0.145. The van der Waals surface area contributed by atoms with Crippen molar-refractivity contribution in [2.24, 2.45) is 0 Å². The van der Waals surface area contributed by atoms with Crippen molar-refractivity contribution in [2.45, 2.75) is 24.3 Å². The Morgan fingerprint density at radius 3 is 2.38 bits per heavy atom. The maximum atomic E-state index is 11.9. The lowest BCUT2D eigenvalue weighted by Crippen LogP contribution is -2.39. The van der Waals surface area contributed by atoms with Crippen LogP contribution in [0.4, 0.5) is 0 Å². The molecule has 1 atom stereocenters. The van der Waals surface area contributed by atoms with Crippen LogP contribution in [0.1, 0.15) is 13.3 Å². The number of carbonyl (C=O) groups excluding carboxylic acids is 1. The van der Waals surface area contributed by atoms with Crippen LogP contribution in [-0.4, -0.2) is 38.0 Å². The van der Waals surface area contributed by atoms with Crippen LogP contribution in [0.5, 0.6) is 0 Å². The number of benzene rings is 1. The summed E-state index contributed by atoms with van der Waals surface area (Å²) >= 11 is 3.20. The molecule has 0 unspecified atom stereocenters. The van der Waals surface area contributed by atoms with Gasteiger partial charge in [-0.05, 0) is 31.2 Å². The van der Waals surface area contributed by atoms with Gasteiger partial charge in [-0.25, -0.2) is 13.1 Å². The Morgan fingerprint density at radius 2 is 1.86 bits per heavy atom. The molecule has 0 radical (unpaired) electrons. The average molecular weight is 379 g/mol. The summed E-state index contributed by atoms with van der Waals surface area (Å²) in [7, 11) is -3.68. The summed E-state index contributed by atoms with van der Waals surface area (Å²) in [6, 6.07) is 5.03. The zero-order chi connectivity index (χ0) is 16.0. The largest absolute Gasteiger partial charge is 0.480 e. The fourth-order valence-electron chi connectivity index (χ4n) is 1.37. The van der Waals surface area contributed by atoms with E-state index in [0.717, 1.165) is 4.47 Å². The predicted molar refractivity (Wildman–Crippen MR) is 79.2 cm³/mol. The monoisotopic (exact) mass is 378 g/mol. The number of rotatable bonds is 7. The van der Waals surface area contributed by atoms with Crippen molar-refractivity contribution >= 4 is 37.8 Å². The molecule has 0 fully saturated rings. The van der Waals surface area contributed by atoms with E-state index in [4.69, 9.17) is 5.11 Å². The summed E-state index contributed by atoms with van der Waals surface area (Å²) < 4.78 is 26.8. The molecule has 1 amide bonds. The first-order chi connectivity index (χ1) is 9.72. The first-order valence-electron chi connectivity index (χ1n) is 6.00. The number of hydrogen-bond acceptors (Lipinski definition) is 4. The Balaban J connectivity index is 2.49. The molecule has 0 aliphatic rings. The van der Waals surface area contributed by atoms with Crippen LogP contribution in [0, 0.1) is 0 Å². The lowest BCUT2D eigenvalue weighted by Gasteiger charge is -2.10. The molecule has 0 bridgehead atoms. The fraction of sp³-hybridized carbons (Fsp3) is 0.333. The van der Waals surface area contributed by atoms with E-state index >= 15 is 0 Å². The summed E-state index contributed by atoms with van der Waals surface area (Å²) in [5.41, 5.74) is 0. The molecule has 0 aromatic heterocycles. The van der Waals surface area contributed by atoms with Gasteiger partial charge in [-0.15, -0.1) is 0 Å². The molecule has 0 spiro atoms. The standard InChI is InChI=1S/C12H15BrN2O5S/c1-8(12(17)18)15-11(16)6-7-14-21(19,20)10-4-2-9(13)3-5-10/h2-5,8,14H,6-7H2,1H3,(H,15,16)(H,17,18)/t8-/m0/s1. The zero-order valence-corrected chi connectivity index (χ0v) is 13.6. The molecule has 1 aromatic carbocycles. The Bertz CT molecular complexity index is 615. The van der Waals surface area contributed by atoms with E-state index in [-0.39, 0.29) is 17.9 Å². The van der Waals surface area contributed by atoms with Gasteiger partial charge in [-0.3, -0.25) is 9.59 Å². The molecule has 7 nitrogen and oxygen atoms in total. The van der Waals surface area contributed by atoms with Gasteiger partial charge < -0.3 is 10.4 Å². The highest BCUT2D eigenvalue weighted by molar-refractivity contribution is 9.10. The summed E-state index contributed by atoms with van der Waals surface area (Å²) in [5, 5.41) is 10.9. The third-order valence-corrected chi connectivity index (χ3v) is 4.52. The second-order valence-electron chi connectivity index (χ2n) is 4.23. The normalized spacial score (nSPS) is 12.7. The number of sulfonamides is 1. The lowest BCUT2D eigenvalue weighted by molar-refractivity contribution is -0.141. The van der Waals surface area contributed by atoms with Crippen LogP contribution in [-0.2, 0) is 19.6 Å². The maximum absolute atomic E-state index is 11.9. The van der Waals surface area contributed by atoms with Crippen LogP contribution in [0.2, 0.25) is 0 Å². The van der Waals surface area contributed by atoms with Gasteiger partial charge >= 0.3 is 5.97 Å². The average Bonchev–Trinajstić information content (AvgIpc) is 2.38. The molecule has 0 saturated heterocycles. The molecule has 9 heteroatoms. The summed E-state index contributed by atoms with van der Waals surface area (Å²) in [5.74, 6) is -1.69. The molecule has 0 aliphatic heterocycles. The van der Waals surface area contributed by atoms with Crippen molar-refractivity contribution in [3.05, 3.63) is 28.7 Å². The molecular weight excluding hydrogens is 364 g/mol. The highest BCUT2D eigenvalue weighted by atomic mass is 79.9. The fourth-order valence-corrected chi connectivity index (χ4v) is 2.67. The number of amides is 1. The molecule has 0 heterocycles. The van der Waals surface area contributed by atoms with Gasteiger partial charge in [0, 0.05) is 17.4 Å². The summed E-state index contributed by atoms with van der Waals surface area (Å²) in [6.45, 7) is 1.21. The zero-order valence-electron chi connectivity index (χ0n) is 11.2. The molecule has 0 saturated carbocycles. The van der Waals surface area contributed by atoms with Crippen molar-refractivity contribution in [1.82, 2.24) is 10.0 Å². The molecule has 21 heavy (non-hydrogen) atoms. The van der Waals surface area contributed by atoms with Gasteiger partial charge in [0.1, 0.15) is 6.04 Å². The third-order valence-electron chi connectivity index (χ3n) is 2.52. The Kier molecular flexibility index (Phi) is 6.31. The van der Waals surface area contributed by atoms with E-state index in [1.807, 2.05) is 0 Å². The minimum Gasteiger partial charge on any atom is -0.480 e. The Hall–Kier alpha value is -1.45. The number of carboxylic acids is 1. The number of carbonyl (C=O) groups is 2. The Labute approximate surface area is 130 Å². The van der Waals surface area contributed by atoms with E-state index in [1.165, 1.54) is 19.1 Å². The number of carboxylic acid groups (broad SMARTS) is 1. The smallest absolute Gasteiger partial charge is 0.325 e. The Morgan fingerprint density at radius 1 is 1.29 bits per heavy atom. The van der Waals surface area contributed by atoms with Crippen LogP contribution in [0.25, 0.3) is 0 Å². The first kappa shape index (κ1) is 17.6. The third kappa shape index (κ3) is 5.82. The molecule has 116 valence electrons. The van der Waals surface area contributed by atoms with Gasteiger partial charge in [0.2, 0.25) is 15.9 Å². The van der Waals surface area contributed by atoms with Gasteiger partial charge in [0.25, 0.3) is 0 Å². The SMILES string of the molecule is C[C@H](NC(=O)CCNS(=O)(=O)c1ccc(Br)cc1)C(=O)O. The van der Waals surface area contributed by atoms with Crippen molar-refractivity contribution < 1.29 is 23.1 Å². The first-order valence-corrected chi connectivity index (χ1v) is 8.27. The van der Waals surface area contributed by atoms with E-state index < -0.39 is 27.9 Å². The van der Waals surface area contributed by atoms with Crippen LogP contribution in [0.3, 0.4) is 0 Å². The summed E-state index contributed by atoms with van der Waals surface area (Å²) in [4.78, 5) is 22.0. The minimum absolute atomic E-state index is 0.0880. The van der Waals surface area contributed by atoms with Crippen molar-refractivity contribution in [1.29, 1.82) is 0 Å². The van der Waals surface area contributed by atoms with Gasteiger partial charge in [0.05, 0.1) is 4.90 Å².